The van der Waals surface area contributed by atoms with Crippen LogP contribution in [0.2, 0.25) is 0 Å². The molecule has 0 aromatic heterocycles. The van der Waals surface area contributed by atoms with Crippen LogP contribution in [-0.4, -0.2) is 17.0 Å². The first-order valence-corrected chi connectivity index (χ1v) is 5.70. The quantitative estimate of drug-likeness (QED) is 0.344. The molecule has 1 aromatic rings. The monoisotopic (exact) mass is 289 g/mol. The Balaban J connectivity index is 3.13. The predicted octanol–water partition coefficient (Wildman–Crippen LogP) is 2.21. The van der Waals surface area contributed by atoms with Gasteiger partial charge in [0, 0.05) is 12.1 Å². The molecule has 1 aromatic carbocycles. The maximum atomic E-state index is 13.4. The first kappa shape index (κ1) is 15.8. The highest BCUT2D eigenvalue weighted by molar-refractivity contribution is 6.11. The van der Waals surface area contributed by atoms with Gasteiger partial charge in [0.2, 0.25) is 5.91 Å². The lowest BCUT2D eigenvalue weighted by atomic mass is 9.85. The van der Waals surface area contributed by atoms with Gasteiger partial charge < -0.3 is 16.3 Å². The third kappa shape index (κ3) is 2.84. The van der Waals surface area contributed by atoms with Crippen LogP contribution in [0.15, 0.2) is 17.3 Å². The SMILES string of the molecule is CCC(C)(C(=O)Nc1c(F)cc(F)cc1F)C(N)=NO. The Morgan fingerprint density at radius 3 is 2.30 bits per heavy atom. The third-order valence-corrected chi connectivity index (χ3v) is 3.13. The lowest BCUT2D eigenvalue weighted by Crippen LogP contribution is -2.44. The van der Waals surface area contributed by atoms with Crippen LogP contribution >= 0.6 is 0 Å². The number of amidine groups is 1. The average molecular weight is 289 g/mol. The van der Waals surface area contributed by atoms with Gasteiger partial charge in [-0.15, -0.1) is 0 Å². The predicted molar refractivity (Wildman–Crippen MR) is 66.8 cm³/mol. The zero-order valence-electron chi connectivity index (χ0n) is 10.9. The second kappa shape index (κ2) is 5.81. The molecular formula is C12H14F3N3O2. The van der Waals surface area contributed by atoms with E-state index in [0.29, 0.717) is 12.1 Å². The molecule has 0 spiro atoms. The van der Waals surface area contributed by atoms with Crippen LogP contribution in [0.3, 0.4) is 0 Å². The number of anilines is 1. The minimum absolute atomic E-state index is 0.124. The van der Waals surface area contributed by atoms with Gasteiger partial charge in [-0.3, -0.25) is 4.79 Å². The van der Waals surface area contributed by atoms with E-state index >= 15 is 0 Å². The number of rotatable bonds is 4. The number of benzene rings is 1. The largest absolute Gasteiger partial charge is 0.409 e. The van der Waals surface area contributed by atoms with Crippen molar-refractivity contribution in [2.24, 2.45) is 16.3 Å². The Labute approximate surface area is 113 Å². The van der Waals surface area contributed by atoms with Crippen molar-refractivity contribution in [3.8, 4) is 0 Å². The topological polar surface area (TPSA) is 87.7 Å². The molecule has 110 valence electrons. The molecule has 0 aliphatic rings. The molecule has 1 rings (SSSR count). The summed E-state index contributed by atoms with van der Waals surface area (Å²) in [4.78, 5) is 12.0. The van der Waals surface area contributed by atoms with E-state index in [4.69, 9.17) is 10.9 Å². The Morgan fingerprint density at radius 1 is 1.40 bits per heavy atom. The van der Waals surface area contributed by atoms with Crippen LogP contribution in [-0.2, 0) is 4.79 Å². The van der Waals surface area contributed by atoms with Gasteiger partial charge in [0.05, 0.1) is 0 Å². The van der Waals surface area contributed by atoms with Crippen LogP contribution < -0.4 is 11.1 Å². The van der Waals surface area contributed by atoms with Gasteiger partial charge in [-0.2, -0.15) is 0 Å². The molecule has 0 bridgehead atoms. The number of halogens is 3. The standard InChI is InChI=1S/C12H14F3N3O2/c1-3-12(2,10(16)18-20)11(19)17-9-7(14)4-6(13)5-8(9)15/h4-5,20H,3H2,1-2H3,(H2,16,18)(H,17,19). The van der Waals surface area contributed by atoms with Gasteiger partial charge in [-0.05, 0) is 13.3 Å². The molecule has 0 aliphatic carbocycles. The molecule has 0 heterocycles. The van der Waals surface area contributed by atoms with Gasteiger partial charge in [-0.25, -0.2) is 13.2 Å². The minimum Gasteiger partial charge on any atom is -0.409 e. The molecule has 0 aliphatic heterocycles. The molecule has 1 atom stereocenters. The van der Waals surface area contributed by atoms with Crippen molar-refractivity contribution in [2.75, 3.05) is 5.32 Å². The van der Waals surface area contributed by atoms with Crippen LogP contribution in [0.1, 0.15) is 20.3 Å². The fourth-order valence-corrected chi connectivity index (χ4v) is 1.48. The molecule has 0 saturated heterocycles. The van der Waals surface area contributed by atoms with Gasteiger partial charge in [0.25, 0.3) is 0 Å². The average Bonchev–Trinajstić information content (AvgIpc) is 2.40. The van der Waals surface area contributed by atoms with E-state index in [1.165, 1.54) is 6.92 Å². The highest BCUT2D eigenvalue weighted by atomic mass is 19.1. The first-order valence-electron chi connectivity index (χ1n) is 5.70. The maximum absolute atomic E-state index is 13.4. The van der Waals surface area contributed by atoms with Crippen molar-refractivity contribution in [3.63, 3.8) is 0 Å². The molecule has 5 nitrogen and oxygen atoms in total. The molecule has 0 fully saturated rings. The smallest absolute Gasteiger partial charge is 0.238 e. The Hall–Kier alpha value is -2.25. The summed E-state index contributed by atoms with van der Waals surface area (Å²) in [7, 11) is 0. The highest BCUT2D eigenvalue weighted by Crippen LogP contribution is 2.26. The number of carbonyl (C=O) groups excluding carboxylic acids is 1. The molecule has 1 amide bonds. The van der Waals surface area contributed by atoms with Crippen molar-refractivity contribution in [1.29, 1.82) is 0 Å². The summed E-state index contributed by atoms with van der Waals surface area (Å²) in [5, 5.41) is 13.4. The summed E-state index contributed by atoms with van der Waals surface area (Å²) in [5.41, 5.74) is 3.16. The molecule has 0 saturated carbocycles. The zero-order valence-corrected chi connectivity index (χ0v) is 10.9. The Bertz CT molecular complexity index is 540. The number of hydrogen-bond acceptors (Lipinski definition) is 3. The second-order valence-electron chi connectivity index (χ2n) is 4.37. The van der Waals surface area contributed by atoms with Crippen molar-refractivity contribution in [2.45, 2.75) is 20.3 Å². The van der Waals surface area contributed by atoms with E-state index in [1.807, 2.05) is 5.32 Å². The van der Waals surface area contributed by atoms with E-state index < -0.39 is 40.3 Å². The van der Waals surface area contributed by atoms with Gasteiger partial charge in [0.1, 0.15) is 16.9 Å². The number of hydrogen-bond donors (Lipinski definition) is 3. The second-order valence-corrected chi connectivity index (χ2v) is 4.37. The fourth-order valence-electron chi connectivity index (χ4n) is 1.48. The van der Waals surface area contributed by atoms with Gasteiger partial charge in [0.15, 0.2) is 17.5 Å². The summed E-state index contributed by atoms with van der Waals surface area (Å²) in [6, 6.07) is 0.872. The Morgan fingerprint density at radius 2 is 1.90 bits per heavy atom. The molecule has 1 unspecified atom stereocenters. The summed E-state index contributed by atoms with van der Waals surface area (Å²) in [5.74, 6) is -4.89. The third-order valence-electron chi connectivity index (χ3n) is 3.13. The van der Waals surface area contributed by atoms with Crippen LogP contribution in [0.5, 0.6) is 0 Å². The lowest BCUT2D eigenvalue weighted by Gasteiger charge is -2.25. The van der Waals surface area contributed by atoms with Crippen molar-refractivity contribution in [3.05, 3.63) is 29.6 Å². The number of nitrogens with one attached hydrogen (secondary N) is 1. The summed E-state index contributed by atoms with van der Waals surface area (Å²) in [6.07, 6.45) is 0.124. The minimum atomic E-state index is -1.46. The molecule has 8 heteroatoms. The van der Waals surface area contributed by atoms with Crippen LogP contribution in [0.4, 0.5) is 18.9 Å². The zero-order chi connectivity index (χ0) is 15.5. The fraction of sp³-hybridized carbons (Fsp3) is 0.333. The van der Waals surface area contributed by atoms with Crippen molar-refractivity contribution >= 4 is 17.4 Å². The maximum Gasteiger partial charge on any atom is 0.238 e. The summed E-state index contributed by atoms with van der Waals surface area (Å²) < 4.78 is 39.6. The van der Waals surface area contributed by atoms with E-state index in [-0.39, 0.29) is 6.42 Å². The van der Waals surface area contributed by atoms with Gasteiger partial charge in [-0.1, -0.05) is 12.1 Å². The molecule has 4 N–H and O–H groups in total. The number of nitrogens with two attached hydrogens (primary N) is 1. The van der Waals surface area contributed by atoms with Crippen molar-refractivity contribution in [1.82, 2.24) is 0 Å². The van der Waals surface area contributed by atoms with Crippen LogP contribution in [0.25, 0.3) is 0 Å². The number of carbonyl (C=O) groups is 1. The Kier molecular flexibility index (Phi) is 4.59. The highest BCUT2D eigenvalue weighted by Gasteiger charge is 2.37. The van der Waals surface area contributed by atoms with E-state index in [2.05, 4.69) is 5.16 Å². The van der Waals surface area contributed by atoms with Gasteiger partial charge >= 0.3 is 0 Å². The molecular weight excluding hydrogens is 275 g/mol. The van der Waals surface area contributed by atoms with E-state index in [0.717, 1.165) is 0 Å². The molecule has 20 heavy (non-hydrogen) atoms. The van der Waals surface area contributed by atoms with E-state index in [1.54, 1.807) is 6.92 Å². The summed E-state index contributed by atoms with van der Waals surface area (Å²) >= 11 is 0. The first-order chi connectivity index (χ1) is 9.26. The van der Waals surface area contributed by atoms with Crippen molar-refractivity contribution < 1.29 is 23.2 Å². The number of nitrogens with zero attached hydrogens (tertiary/aromatic N) is 1. The molecule has 0 radical (unpaired) electrons. The lowest BCUT2D eigenvalue weighted by molar-refractivity contribution is -0.121. The number of oxime groups is 1. The number of amides is 1. The van der Waals surface area contributed by atoms with Crippen LogP contribution in [0, 0.1) is 22.9 Å². The van der Waals surface area contributed by atoms with E-state index in [9.17, 15) is 18.0 Å². The summed E-state index contributed by atoms with van der Waals surface area (Å²) in [6.45, 7) is 2.92. The normalized spacial score (nSPS) is 14.8.